The Bertz CT molecular complexity index is 470. The van der Waals surface area contributed by atoms with Crippen molar-refractivity contribution in [1.29, 1.82) is 0 Å². The van der Waals surface area contributed by atoms with Crippen molar-refractivity contribution in [3.8, 4) is 0 Å². The van der Waals surface area contributed by atoms with Gasteiger partial charge in [0, 0.05) is 25.1 Å². The highest BCUT2D eigenvalue weighted by Gasteiger charge is 2.27. The summed E-state index contributed by atoms with van der Waals surface area (Å²) in [5.41, 5.74) is 5.80. The van der Waals surface area contributed by atoms with Crippen LogP contribution in [0.2, 0.25) is 0 Å². The van der Waals surface area contributed by atoms with Crippen molar-refractivity contribution in [2.45, 2.75) is 38.6 Å². The second-order valence-electron chi connectivity index (χ2n) is 5.36. The third kappa shape index (κ3) is 3.81. The van der Waals surface area contributed by atoms with Crippen LogP contribution in [0.25, 0.3) is 0 Å². The predicted molar refractivity (Wildman–Crippen MR) is 75.0 cm³/mol. The Balaban J connectivity index is 2.05. The molecule has 19 heavy (non-hydrogen) atoms. The number of rotatable bonds is 5. The molecular weight excluding hydrogens is 242 g/mol. The summed E-state index contributed by atoms with van der Waals surface area (Å²) in [4.78, 5) is 22.2. The minimum atomic E-state index is -0.0253. The lowest BCUT2D eigenvalue weighted by Gasteiger charge is -2.19. The van der Waals surface area contributed by atoms with E-state index in [1.54, 1.807) is 11.0 Å². The van der Waals surface area contributed by atoms with Crippen molar-refractivity contribution < 1.29 is 4.79 Å². The van der Waals surface area contributed by atoms with Gasteiger partial charge in [-0.15, -0.1) is 0 Å². The quantitative estimate of drug-likeness (QED) is 0.824. The summed E-state index contributed by atoms with van der Waals surface area (Å²) in [6.45, 7) is 4.14. The van der Waals surface area contributed by atoms with Gasteiger partial charge in [-0.1, -0.05) is 0 Å². The van der Waals surface area contributed by atoms with Crippen LogP contribution < -0.4 is 16.0 Å². The van der Waals surface area contributed by atoms with E-state index in [1.807, 2.05) is 20.9 Å². The molecule has 1 saturated carbocycles. The van der Waals surface area contributed by atoms with Crippen LogP contribution in [0.4, 0.5) is 11.6 Å². The molecule has 1 amide bonds. The summed E-state index contributed by atoms with van der Waals surface area (Å²) in [6.07, 6.45) is 2.25. The molecular formula is C13H21N5O. The van der Waals surface area contributed by atoms with Gasteiger partial charge in [-0.25, -0.2) is 9.97 Å². The summed E-state index contributed by atoms with van der Waals surface area (Å²) < 4.78 is 0. The van der Waals surface area contributed by atoms with E-state index in [2.05, 4.69) is 15.3 Å². The van der Waals surface area contributed by atoms with Crippen LogP contribution in [0.5, 0.6) is 0 Å². The molecule has 0 saturated heterocycles. The van der Waals surface area contributed by atoms with Crippen LogP contribution in [0.15, 0.2) is 6.07 Å². The molecule has 1 heterocycles. The first-order valence-corrected chi connectivity index (χ1v) is 6.60. The first-order valence-electron chi connectivity index (χ1n) is 6.60. The number of hydrogen-bond acceptors (Lipinski definition) is 5. The average molecular weight is 263 g/mol. The fraction of sp³-hybridized carbons (Fsp3) is 0.615. The minimum absolute atomic E-state index is 0.0253. The first kappa shape index (κ1) is 13.6. The Kier molecular flexibility index (Phi) is 3.87. The summed E-state index contributed by atoms with van der Waals surface area (Å²) in [5.74, 6) is 2.38. The number of hydrogen-bond donors (Lipinski definition) is 2. The van der Waals surface area contributed by atoms with E-state index in [0.29, 0.717) is 17.6 Å². The molecule has 0 atom stereocenters. The van der Waals surface area contributed by atoms with Crippen molar-refractivity contribution in [3.05, 3.63) is 11.9 Å². The number of carbonyl (C=O) groups is 1. The average Bonchev–Trinajstić information content (AvgIpc) is 3.10. The Labute approximate surface area is 113 Å². The van der Waals surface area contributed by atoms with Crippen molar-refractivity contribution >= 4 is 17.5 Å². The van der Waals surface area contributed by atoms with Crippen molar-refractivity contribution in [2.75, 3.05) is 24.2 Å². The van der Waals surface area contributed by atoms with E-state index in [9.17, 15) is 4.79 Å². The second-order valence-corrected chi connectivity index (χ2v) is 5.36. The number of carbonyl (C=O) groups excluding carboxylic acids is 1. The number of amides is 1. The van der Waals surface area contributed by atoms with Crippen LogP contribution in [0.1, 0.15) is 38.4 Å². The highest BCUT2D eigenvalue weighted by Crippen LogP contribution is 2.38. The predicted octanol–water partition coefficient (Wildman–Crippen LogP) is 0.897. The Morgan fingerprint density at radius 2 is 2.21 bits per heavy atom. The van der Waals surface area contributed by atoms with E-state index >= 15 is 0 Å². The third-order valence-electron chi connectivity index (χ3n) is 2.91. The minimum Gasteiger partial charge on any atom is -0.384 e. The number of nitrogens with zero attached hydrogens (tertiary/aromatic N) is 3. The van der Waals surface area contributed by atoms with Gasteiger partial charge < -0.3 is 16.0 Å². The summed E-state index contributed by atoms with van der Waals surface area (Å²) in [7, 11) is 1.83. The second kappa shape index (κ2) is 5.42. The summed E-state index contributed by atoms with van der Waals surface area (Å²) in [6, 6.07) is 1.84. The van der Waals surface area contributed by atoms with Crippen molar-refractivity contribution in [2.24, 2.45) is 0 Å². The van der Waals surface area contributed by atoms with Crippen molar-refractivity contribution in [3.63, 3.8) is 0 Å². The van der Waals surface area contributed by atoms with Gasteiger partial charge in [0.25, 0.3) is 0 Å². The fourth-order valence-corrected chi connectivity index (χ4v) is 1.86. The highest BCUT2D eigenvalue weighted by molar-refractivity contribution is 5.81. The van der Waals surface area contributed by atoms with E-state index in [0.717, 1.165) is 18.7 Å². The molecule has 1 aliphatic carbocycles. The van der Waals surface area contributed by atoms with Crippen LogP contribution in [-0.2, 0) is 4.79 Å². The van der Waals surface area contributed by atoms with Gasteiger partial charge in [0.15, 0.2) is 0 Å². The van der Waals surface area contributed by atoms with E-state index < -0.39 is 0 Å². The third-order valence-corrected chi connectivity index (χ3v) is 2.91. The Hall–Kier alpha value is -1.85. The summed E-state index contributed by atoms with van der Waals surface area (Å²) >= 11 is 0. The van der Waals surface area contributed by atoms with Crippen LogP contribution in [0, 0.1) is 0 Å². The van der Waals surface area contributed by atoms with Gasteiger partial charge >= 0.3 is 0 Å². The topological polar surface area (TPSA) is 84.1 Å². The van der Waals surface area contributed by atoms with Crippen LogP contribution >= 0.6 is 0 Å². The number of likely N-dealkylation sites (N-methyl/N-ethyl adjacent to an activating group) is 1. The zero-order valence-corrected chi connectivity index (χ0v) is 11.7. The number of nitrogens with two attached hydrogens (primary N) is 1. The maximum Gasteiger partial charge on any atom is 0.239 e. The standard InChI is InChI=1S/C13H21N5O/c1-8(2)15-12(19)7-18(3)11-6-10(14)16-13(17-11)9-4-5-9/h6,8-9H,4-5,7H2,1-3H3,(H,15,19)(H2,14,16,17). The summed E-state index contributed by atoms with van der Waals surface area (Å²) in [5, 5.41) is 2.85. The lowest BCUT2D eigenvalue weighted by molar-refractivity contribution is -0.120. The van der Waals surface area contributed by atoms with Gasteiger partial charge in [0.1, 0.15) is 17.5 Å². The van der Waals surface area contributed by atoms with Gasteiger partial charge in [-0.05, 0) is 26.7 Å². The molecule has 2 rings (SSSR count). The number of nitrogen functional groups attached to an aromatic ring is 1. The number of nitrogens with one attached hydrogen (secondary N) is 1. The highest BCUT2D eigenvalue weighted by atomic mass is 16.2. The molecule has 6 heteroatoms. The zero-order valence-electron chi connectivity index (χ0n) is 11.7. The maximum atomic E-state index is 11.7. The number of anilines is 2. The molecule has 6 nitrogen and oxygen atoms in total. The SMILES string of the molecule is CC(C)NC(=O)CN(C)c1cc(N)nc(C2CC2)n1. The number of aromatic nitrogens is 2. The molecule has 104 valence electrons. The largest absolute Gasteiger partial charge is 0.384 e. The molecule has 0 unspecified atom stereocenters. The van der Waals surface area contributed by atoms with Crippen molar-refractivity contribution in [1.82, 2.24) is 15.3 Å². The first-order chi connectivity index (χ1) is 8.95. The Morgan fingerprint density at radius 3 is 2.79 bits per heavy atom. The molecule has 1 aromatic rings. The smallest absolute Gasteiger partial charge is 0.239 e. The molecule has 0 radical (unpaired) electrons. The molecule has 3 N–H and O–H groups in total. The molecule has 0 aliphatic heterocycles. The molecule has 0 bridgehead atoms. The molecule has 1 fully saturated rings. The normalized spacial score (nSPS) is 14.5. The van der Waals surface area contributed by atoms with Crippen LogP contribution in [0.3, 0.4) is 0 Å². The van der Waals surface area contributed by atoms with Gasteiger partial charge in [-0.3, -0.25) is 4.79 Å². The molecule has 1 aromatic heterocycles. The molecule has 0 aromatic carbocycles. The Morgan fingerprint density at radius 1 is 1.53 bits per heavy atom. The monoisotopic (exact) mass is 263 g/mol. The zero-order chi connectivity index (χ0) is 14.0. The lowest BCUT2D eigenvalue weighted by Crippen LogP contribution is -2.39. The molecule has 0 spiro atoms. The van der Waals surface area contributed by atoms with E-state index in [4.69, 9.17) is 5.73 Å². The van der Waals surface area contributed by atoms with E-state index in [-0.39, 0.29) is 18.5 Å². The van der Waals surface area contributed by atoms with E-state index in [1.165, 1.54) is 0 Å². The maximum absolute atomic E-state index is 11.7. The van der Waals surface area contributed by atoms with Gasteiger partial charge in [0.05, 0.1) is 6.54 Å². The van der Waals surface area contributed by atoms with Gasteiger partial charge in [0.2, 0.25) is 5.91 Å². The fourth-order valence-electron chi connectivity index (χ4n) is 1.86. The van der Waals surface area contributed by atoms with Gasteiger partial charge in [-0.2, -0.15) is 0 Å². The lowest BCUT2D eigenvalue weighted by atomic mass is 10.3. The van der Waals surface area contributed by atoms with Crippen LogP contribution in [-0.4, -0.2) is 35.5 Å². The molecule has 1 aliphatic rings.